The maximum atomic E-state index is 13.9. The van der Waals surface area contributed by atoms with Crippen molar-refractivity contribution in [2.75, 3.05) is 24.2 Å². The first kappa shape index (κ1) is 23.4. The summed E-state index contributed by atoms with van der Waals surface area (Å²) in [6.45, 7) is 1.81. The van der Waals surface area contributed by atoms with E-state index in [4.69, 9.17) is 14.3 Å². The summed E-state index contributed by atoms with van der Waals surface area (Å²) in [5.41, 5.74) is 1.91. The maximum absolute atomic E-state index is 13.9. The van der Waals surface area contributed by atoms with E-state index in [1.54, 1.807) is 48.5 Å². The molecule has 0 aliphatic carbocycles. The van der Waals surface area contributed by atoms with Gasteiger partial charge in [0.25, 0.3) is 5.91 Å². The Labute approximate surface area is 207 Å². The van der Waals surface area contributed by atoms with Crippen molar-refractivity contribution in [3.05, 3.63) is 83.4 Å². The molecule has 1 N–H and O–H groups in total. The summed E-state index contributed by atoms with van der Waals surface area (Å²) in [5, 5.41) is 11.6. The average molecular weight is 488 g/mol. The molecule has 0 bridgehead atoms. The van der Waals surface area contributed by atoms with Gasteiger partial charge in [0.1, 0.15) is 11.5 Å². The van der Waals surface area contributed by atoms with Crippen LogP contribution in [0.5, 0.6) is 11.5 Å². The Hall–Kier alpha value is -4.37. The smallest absolute Gasteiger partial charge is 0.339 e. The number of ether oxygens (including phenoxy) is 2. The minimum Gasteiger partial charge on any atom is -0.493 e. The van der Waals surface area contributed by atoms with E-state index < -0.39 is 35.8 Å². The monoisotopic (exact) mass is 488 g/mol. The highest BCUT2D eigenvalue weighted by Gasteiger charge is 2.61. The van der Waals surface area contributed by atoms with Crippen LogP contribution in [0.4, 0.5) is 11.4 Å². The van der Waals surface area contributed by atoms with Crippen molar-refractivity contribution in [3.63, 3.8) is 0 Å². The molecule has 0 aromatic heterocycles. The number of methoxy groups -OCH3 is 2. The molecule has 36 heavy (non-hydrogen) atoms. The Bertz CT molecular complexity index is 1360. The lowest BCUT2D eigenvalue weighted by Gasteiger charge is -2.30. The summed E-state index contributed by atoms with van der Waals surface area (Å²) < 4.78 is 10.7. The number of aryl methyl sites for hydroxylation is 1. The van der Waals surface area contributed by atoms with Gasteiger partial charge in [-0.05, 0) is 42.3 Å². The van der Waals surface area contributed by atoms with E-state index in [-0.39, 0.29) is 22.6 Å². The highest BCUT2D eigenvalue weighted by molar-refractivity contribution is 6.24. The number of fused-ring (bicyclic) bond motifs is 1. The third-order valence-corrected chi connectivity index (χ3v) is 6.59. The molecule has 184 valence electrons. The second-order valence-corrected chi connectivity index (χ2v) is 8.53. The van der Waals surface area contributed by atoms with Crippen molar-refractivity contribution in [1.82, 2.24) is 0 Å². The fourth-order valence-corrected chi connectivity index (χ4v) is 4.99. The summed E-state index contributed by atoms with van der Waals surface area (Å²) in [7, 11) is 2.76. The molecule has 0 spiro atoms. The van der Waals surface area contributed by atoms with Gasteiger partial charge in [-0.1, -0.05) is 42.5 Å². The molecule has 9 nitrogen and oxygen atoms in total. The number of hydroxylamine groups is 1. The van der Waals surface area contributed by atoms with Gasteiger partial charge in [-0.3, -0.25) is 14.4 Å². The van der Waals surface area contributed by atoms with E-state index in [1.807, 2.05) is 25.1 Å². The van der Waals surface area contributed by atoms with Gasteiger partial charge < -0.3 is 14.6 Å². The van der Waals surface area contributed by atoms with Crippen molar-refractivity contribution in [2.45, 2.75) is 19.1 Å². The molecule has 9 heteroatoms. The predicted molar refractivity (Wildman–Crippen MR) is 130 cm³/mol. The fourth-order valence-electron chi connectivity index (χ4n) is 4.99. The Kier molecular flexibility index (Phi) is 5.85. The lowest BCUT2D eigenvalue weighted by Crippen LogP contribution is -2.38. The topological polar surface area (TPSA) is 106 Å². The molecule has 0 unspecified atom stereocenters. The molecular weight excluding hydrogens is 464 g/mol. The van der Waals surface area contributed by atoms with Gasteiger partial charge in [0, 0.05) is 0 Å². The summed E-state index contributed by atoms with van der Waals surface area (Å²) >= 11 is 0. The van der Waals surface area contributed by atoms with Crippen molar-refractivity contribution in [1.29, 1.82) is 0 Å². The number of aromatic carboxylic acids is 1. The zero-order chi connectivity index (χ0) is 25.6. The molecule has 2 saturated heterocycles. The standard InChI is InChI=1S/C27H24N2O7/c1-15-9-7-8-12-18(15)28-25(30)21-22(17-13-14-19(34-2)23(35-3)20(17)27(32)33)29(36-24(21)26(28)31)16-10-5-4-6-11-16/h4-14,21-22,24H,1-3H3,(H,32,33)/t21-,22+,24+/m1/s1. The number of anilines is 2. The van der Waals surface area contributed by atoms with E-state index >= 15 is 0 Å². The molecule has 2 heterocycles. The zero-order valence-corrected chi connectivity index (χ0v) is 19.9. The second-order valence-electron chi connectivity index (χ2n) is 8.53. The Morgan fingerprint density at radius 2 is 1.61 bits per heavy atom. The number of rotatable bonds is 6. The van der Waals surface area contributed by atoms with E-state index in [2.05, 4.69) is 0 Å². The predicted octanol–water partition coefficient (Wildman–Crippen LogP) is 3.76. The molecule has 2 aliphatic heterocycles. The first-order valence-electron chi connectivity index (χ1n) is 11.3. The van der Waals surface area contributed by atoms with Gasteiger partial charge >= 0.3 is 5.97 Å². The minimum atomic E-state index is -1.26. The summed E-state index contributed by atoms with van der Waals surface area (Å²) in [5.74, 6) is -2.96. The lowest BCUT2D eigenvalue weighted by atomic mass is 9.87. The maximum Gasteiger partial charge on any atom is 0.339 e. The number of hydrogen-bond acceptors (Lipinski definition) is 7. The van der Waals surface area contributed by atoms with Gasteiger partial charge in [-0.15, -0.1) is 0 Å². The fraction of sp³-hybridized carbons (Fsp3) is 0.222. The van der Waals surface area contributed by atoms with Crippen molar-refractivity contribution < 1.29 is 33.8 Å². The first-order chi connectivity index (χ1) is 17.4. The quantitative estimate of drug-likeness (QED) is 0.523. The van der Waals surface area contributed by atoms with Crippen LogP contribution in [0.25, 0.3) is 0 Å². The zero-order valence-electron chi connectivity index (χ0n) is 19.9. The van der Waals surface area contributed by atoms with Crippen LogP contribution in [0.15, 0.2) is 66.7 Å². The number of hydrogen-bond donors (Lipinski definition) is 1. The van der Waals surface area contributed by atoms with Gasteiger partial charge in [0.15, 0.2) is 17.6 Å². The number of imide groups is 1. The molecule has 3 aromatic carbocycles. The van der Waals surface area contributed by atoms with Gasteiger partial charge in [0.2, 0.25) is 5.91 Å². The van der Waals surface area contributed by atoms with Crippen LogP contribution in [0.2, 0.25) is 0 Å². The number of carboxylic acids is 1. The molecule has 2 amide bonds. The van der Waals surface area contributed by atoms with E-state index in [0.29, 0.717) is 11.4 Å². The van der Waals surface area contributed by atoms with E-state index in [9.17, 15) is 19.5 Å². The van der Waals surface area contributed by atoms with Gasteiger partial charge in [-0.2, -0.15) is 0 Å². The number of para-hydroxylation sites is 2. The molecule has 0 saturated carbocycles. The molecular formula is C27H24N2O7. The molecule has 2 fully saturated rings. The largest absolute Gasteiger partial charge is 0.493 e. The average Bonchev–Trinajstić information content (AvgIpc) is 3.39. The van der Waals surface area contributed by atoms with Crippen LogP contribution >= 0.6 is 0 Å². The SMILES string of the molecule is COc1ccc([C@H]2[C@H]3C(=O)N(c4ccccc4C)C(=O)[C@H]3ON2c2ccccc2)c(C(=O)O)c1OC. The van der Waals surface area contributed by atoms with E-state index in [0.717, 1.165) is 10.5 Å². The highest BCUT2D eigenvalue weighted by atomic mass is 16.7. The number of nitrogens with zero attached hydrogens (tertiary/aromatic N) is 2. The Balaban J connectivity index is 1.70. The number of carbonyl (C=O) groups excluding carboxylic acids is 2. The highest BCUT2D eigenvalue weighted by Crippen LogP contribution is 2.50. The molecule has 0 radical (unpaired) electrons. The third-order valence-electron chi connectivity index (χ3n) is 6.59. The first-order valence-corrected chi connectivity index (χ1v) is 11.3. The number of carboxylic acid groups (broad SMARTS) is 1. The van der Waals surface area contributed by atoms with Crippen molar-refractivity contribution in [3.8, 4) is 11.5 Å². The van der Waals surface area contributed by atoms with Crippen LogP contribution in [0.3, 0.4) is 0 Å². The summed E-state index contributed by atoms with van der Waals surface area (Å²) in [6, 6.07) is 18.3. The van der Waals surface area contributed by atoms with Crippen LogP contribution in [0, 0.1) is 12.8 Å². The van der Waals surface area contributed by atoms with Gasteiger partial charge in [0.05, 0.1) is 31.6 Å². The lowest BCUT2D eigenvalue weighted by molar-refractivity contribution is -0.126. The van der Waals surface area contributed by atoms with Gasteiger partial charge in [-0.25, -0.2) is 14.8 Å². The minimum absolute atomic E-state index is 0.0199. The number of carbonyl (C=O) groups is 3. The van der Waals surface area contributed by atoms with E-state index in [1.165, 1.54) is 19.3 Å². The third kappa shape index (κ3) is 3.47. The molecule has 3 atom stereocenters. The van der Waals surface area contributed by atoms with Crippen LogP contribution in [0.1, 0.15) is 27.5 Å². The normalized spacial score (nSPS) is 21.0. The van der Waals surface area contributed by atoms with Crippen LogP contribution in [-0.2, 0) is 14.4 Å². The Morgan fingerprint density at radius 1 is 0.917 bits per heavy atom. The van der Waals surface area contributed by atoms with Crippen molar-refractivity contribution in [2.24, 2.45) is 5.92 Å². The molecule has 5 rings (SSSR count). The summed E-state index contributed by atoms with van der Waals surface area (Å²) in [6.07, 6.45) is -1.13. The van der Waals surface area contributed by atoms with Crippen LogP contribution < -0.4 is 19.4 Å². The molecule has 3 aromatic rings. The van der Waals surface area contributed by atoms with Crippen LogP contribution in [-0.4, -0.2) is 43.2 Å². The Morgan fingerprint density at radius 3 is 2.25 bits per heavy atom. The second kappa shape index (κ2) is 9.01. The summed E-state index contributed by atoms with van der Waals surface area (Å²) in [4.78, 5) is 47.2. The number of amides is 2. The number of benzene rings is 3. The molecule has 2 aliphatic rings. The van der Waals surface area contributed by atoms with Crippen molar-refractivity contribution >= 4 is 29.2 Å².